The van der Waals surface area contributed by atoms with Crippen LogP contribution in [0.1, 0.15) is 25.2 Å². The molecule has 186 valence electrons. The third kappa shape index (κ3) is 7.55. The van der Waals surface area contributed by atoms with Gasteiger partial charge in [-0.15, -0.1) is 0 Å². The summed E-state index contributed by atoms with van der Waals surface area (Å²) in [5.74, 6) is -0.373. The lowest BCUT2D eigenvalue weighted by molar-refractivity contribution is -0.115. The van der Waals surface area contributed by atoms with Crippen molar-refractivity contribution in [3.63, 3.8) is 0 Å². The van der Waals surface area contributed by atoms with E-state index in [1.807, 2.05) is 0 Å². The van der Waals surface area contributed by atoms with Crippen LogP contribution in [0.5, 0.6) is 0 Å². The molecule has 0 atom stereocenters. The molecule has 3 rings (SSSR count). The first-order chi connectivity index (χ1) is 17.1. The Morgan fingerprint density at radius 3 is 1.14 bits per heavy atom. The van der Waals surface area contributed by atoms with Gasteiger partial charge in [-0.25, -0.2) is 9.59 Å². The summed E-state index contributed by atoms with van der Waals surface area (Å²) in [4.78, 5) is 51.7. The zero-order chi connectivity index (χ0) is 26.2. The van der Waals surface area contributed by atoms with E-state index in [4.69, 9.17) is 0 Å². The summed E-state index contributed by atoms with van der Waals surface area (Å²) in [6.45, 7) is 6.31. The third-order valence-electron chi connectivity index (χ3n) is 4.83. The van der Waals surface area contributed by atoms with Gasteiger partial charge in [0.25, 0.3) is 0 Å². The van der Waals surface area contributed by atoms with E-state index in [1.165, 1.54) is 13.8 Å². The number of urea groups is 2. The van der Waals surface area contributed by atoms with Crippen LogP contribution < -0.4 is 31.9 Å². The van der Waals surface area contributed by atoms with E-state index in [0.29, 0.717) is 45.5 Å². The molecule has 11 heteroatoms. The van der Waals surface area contributed by atoms with Gasteiger partial charge in [0.15, 0.2) is 0 Å². The number of benzene rings is 2. The molecular formula is C25H27N7O4. The van der Waals surface area contributed by atoms with E-state index < -0.39 is 12.1 Å². The molecule has 0 saturated heterocycles. The van der Waals surface area contributed by atoms with Crippen LogP contribution in [0.15, 0.2) is 54.6 Å². The second kappa shape index (κ2) is 11.5. The lowest BCUT2D eigenvalue weighted by Crippen LogP contribution is -2.22. The summed E-state index contributed by atoms with van der Waals surface area (Å²) in [6.07, 6.45) is 0. The minimum Gasteiger partial charge on any atom is -0.326 e. The predicted octanol–water partition coefficient (Wildman–Crippen LogP) is 4.90. The molecule has 36 heavy (non-hydrogen) atoms. The molecule has 0 aliphatic carbocycles. The summed E-state index contributed by atoms with van der Waals surface area (Å²) in [7, 11) is 0. The highest BCUT2D eigenvalue weighted by molar-refractivity contribution is 6.03. The van der Waals surface area contributed by atoms with Gasteiger partial charge in [-0.1, -0.05) is 0 Å². The summed E-state index contributed by atoms with van der Waals surface area (Å²) in [5.41, 5.74) is 4.27. The Morgan fingerprint density at radius 2 is 0.833 bits per heavy atom. The SMILES string of the molecule is CC(=O)Nc1ccc(NC(=O)Nc2cc(NC(=O)Nc3ccc(NC(C)=O)cc3)c(C)nc2C)cc1. The van der Waals surface area contributed by atoms with Crippen LogP contribution in [0, 0.1) is 13.8 Å². The quantitative estimate of drug-likeness (QED) is 0.291. The Balaban J connectivity index is 1.62. The fraction of sp³-hybridized carbons (Fsp3) is 0.160. The molecule has 0 spiro atoms. The minimum atomic E-state index is -0.495. The van der Waals surface area contributed by atoms with Gasteiger partial charge in [-0.3, -0.25) is 14.6 Å². The molecule has 6 amide bonds. The molecule has 11 nitrogen and oxygen atoms in total. The molecule has 6 N–H and O–H groups in total. The maximum atomic E-state index is 12.5. The summed E-state index contributed by atoms with van der Waals surface area (Å²) >= 11 is 0. The van der Waals surface area contributed by atoms with Crippen molar-refractivity contribution in [3.8, 4) is 0 Å². The maximum absolute atomic E-state index is 12.5. The first kappa shape index (κ1) is 25.7. The zero-order valence-corrected chi connectivity index (χ0v) is 20.3. The summed E-state index contributed by atoms with van der Waals surface area (Å²) < 4.78 is 0. The number of aryl methyl sites for hydroxylation is 2. The average Bonchev–Trinajstić information content (AvgIpc) is 2.79. The Labute approximate surface area is 208 Å². The molecule has 0 aliphatic rings. The molecule has 0 fully saturated rings. The van der Waals surface area contributed by atoms with Gasteiger partial charge in [0, 0.05) is 36.6 Å². The van der Waals surface area contributed by atoms with Crippen LogP contribution in [0.4, 0.5) is 43.7 Å². The van der Waals surface area contributed by atoms with Crippen molar-refractivity contribution in [1.82, 2.24) is 4.98 Å². The van der Waals surface area contributed by atoms with Crippen molar-refractivity contribution in [1.29, 1.82) is 0 Å². The summed E-state index contributed by atoms with van der Waals surface area (Å²) in [5, 5.41) is 16.2. The Hall–Kier alpha value is -4.93. The van der Waals surface area contributed by atoms with E-state index >= 15 is 0 Å². The lowest BCUT2D eigenvalue weighted by atomic mass is 10.2. The molecule has 0 radical (unpaired) electrons. The standard InChI is InChI=1S/C25H27N7O4/c1-14-22(31-24(35)29-20-9-5-18(6-10-20)27-16(3)33)13-23(15(2)26-14)32-25(36)30-21-11-7-19(8-12-21)28-17(4)34/h5-13H,1-4H3,(H,27,33)(H,28,34)(H2,29,31,35)(H2,30,32,36). The van der Waals surface area contributed by atoms with Gasteiger partial charge in [-0.05, 0) is 68.4 Å². The number of rotatable bonds is 6. The van der Waals surface area contributed by atoms with Crippen molar-refractivity contribution in [3.05, 3.63) is 66.0 Å². The van der Waals surface area contributed by atoms with Crippen molar-refractivity contribution in [2.24, 2.45) is 0 Å². The molecule has 0 bridgehead atoms. The van der Waals surface area contributed by atoms with Crippen LogP contribution in [0.25, 0.3) is 0 Å². The number of carbonyl (C=O) groups is 4. The molecule has 0 aliphatic heterocycles. The Morgan fingerprint density at radius 1 is 0.528 bits per heavy atom. The van der Waals surface area contributed by atoms with Crippen LogP contribution in [-0.2, 0) is 9.59 Å². The number of nitrogens with zero attached hydrogens (tertiary/aromatic N) is 1. The predicted molar refractivity (Wildman–Crippen MR) is 140 cm³/mol. The number of carbonyl (C=O) groups excluding carboxylic acids is 4. The molecule has 0 saturated carbocycles. The molecular weight excluding hydrogens is 462 g/mol. The first-order valence-electron chi connectivity index (χ1n) is 11.0. The second-order valence-electron chi connectivity index (χ2n) is 7.93. The molecule has 2 aromatic carbocycles. The average molecular weight is 490 g/mol. The van der Waals surface area contributed by atoms with Gasteiger partial charge in [0.05, 0.1) is 22.8 Å². The normalized spacial score (nSPS) is 10.1. The van der Waals surface area contributed by atoms with Crippen molar-refractivity contribution in [2.45, 2.75) is 27.7 Å². The Bertz CT molecular complexity index is 1190. The topological polar surface area (TPSA) is 153 Å². The number of nitrogens with one attached hydrogen (secondary N) is 6. The van der Waals surface area contributed by atoms with E-state index in [1.54, 1.807) is 68.4 Å². The van der Waals surface area contributed by atoms with Crippen LogP contribution in [-0.4, -0.2) is 28.9 Å². The highest BCUT2D eigenvalue weighted by Crippen LogP contribution is 2.23. The van der Waals surface area contributed by atoms with Gasteiger partial charge >= 0.3 is 12.1 Å². The summed E-state index contributed by atoms with van der Waals surface area (Å²) in [6, 6.07) is 13.9. The van der Waals surface area contributed by atoms with Gasteiger partial charge in [0.2, 0.25) is 11.8 Å². The number of hydrogen-bond acceptors (Lipinski definition) is 5. The molecule has 0 unspecified atom stereocenters. The Kier molecular flexibility index (Phi) is 8.18. The second-order valence-corrected chi connectivity index (χ2v) is 7.93. The highest BCUT2D eigenvalue weighted by atomic mass is 16.2. The zero-order valence-electron chi connectivity index (χ0n) is 20.3. The number of aromatic nitrogens is 1. The van der Waals surface area contributed by atoms with Crippen LogP contribution in [0.2, 0.25) is 0 Å². The van der Waals surface area contributed by atoms with Gasteiger partial charge in [0.1, 0.15) is 0 Å². The fourth-order valence-corrected chi connectivity index (χ4v) is 3.23. The van der Waals surface area contributed by atoms with Gasteiger partial charge < -0.3 is 31.9 Å². The monoisotopic (exact) mass is 489 g/mol. The maximum Gasteiger partial charge on any atom is 0.323 e. The third-order valence-corrected chi connectivity index (χ3v) is 4.83. The molecule has 1 heterocycles. The molecule has 3 aromatic rings. The van der Waals surface area contributed by atoms with Gasteiger partial charge in [-0.2, -0.15) is 0 Å². The lowest BCUT2D eigenvalue weighted by Gasteiger charge is -2.15. The van der Waals surface area contributed by atoms with Crippen LogP contribution in [0.3, 0.4) is 0 Å². The number of amides is 6. The van der Waals surface area contributed by atoms with E-state index in [2.05, 4.69) is 36.9 Å². The fourth-order valence-electron chi connectivity index (χ4n) is 3.23. The number of pyridine rings is 1. The number of hydrogen-bond donors (Lipinski definition) is 6. The smallest absolute Gasteiger partial charge is 0.323 e. The van der Waals surface area contributed by atoms with Crippen molar-refractivity contribution in [2.75, 3.05) is 31.9 Å². The first-order valence-corrected chi connectivity index (χ1v) is 11.0. The minimum absolute atomic E-state index is 0.186. The highest BCUT2D eigenvalue weighted by Gasteiger charge is 2.12. The number of anilines is 6. The van der Waals surface area contributed by atoms with Crippen molar-refractivity contribution >= 4 is 58.0 Å². The van der Waals surface area contributed by atoms with Crippen LogP contribution >= 0.6 is 0 Å². The van der Waals surface area contributed by atoms with E-state index in [-0.39, 0.29) is 11.8 Å². The van der Waals surface area contributed by atoms with Crippen molar-refractivity contribution < 1.29 is 19.2 Å². The molecule has 1 aromatic heterocycles. The largest absolute Gasteiger partial charge is 0.326 e. The van der Waals surface area contributed by atoms with E-state index in [0.717, 1.165) is 0 Å². The van der Waals surface area contributed by atoms with E-state index in [9.17, 15) is 19.2 Å².